The topological polar surface area (TPSA) is 53.7 Å². The number of benzene rings is 2. The van der Waals surface area contributed by atoms with Gasteiger partial charge in [0.25, 0.3) is 0 Å². The van der Waals surface area contributed by atoms with Crippen LogP contribution in [-0.2, 0) is 0 Å². The number of aryl methyl sites for hydroxylation is 1. The third-order valence-electron chi connectivity index (χ3n) is 3.31. The van der Waals surface area contributed by atoms with Gasteiger partial charge in [0.05, 0.1) is 32.6 Å². The Hall–Kier alpha value is -2.43. The molecule has 0 amide bonds. The summed E-state index contributed by atoms with van der Waals surface area (Å²) in [4.78, 5) is 0. The predicted octanol–water partition coefficient (Wildman–Crippen LogP) is 3.41. The number of hydrogen-bond donors (Lipinski definition) is 1. The lowest BCUT2D eigenvalue weighted by Gasteiger charge is -2.16. The van der Waals surface area contributed by atoms with E-state index in [1.807, 2.05) is 0 Å². The first-order valence-electron chi connectivity index (χ1n) is 6.37. The fourth-order valence-corrected chi connectivity index (χ4v) is 2.20. The highest BCUT2D eigenvalue weighted by Crippen LogP contribution is 2.41. The van der Waals surface area contributed by atoms with Crippen molar-refractivity contribution in [3.8, 4) is 28.4 Å². The normalized spacial score (nSPS) is 10.3. The highest BCUT2D eigenvalue weighted by Gasteiger charge is 2.18. The molecule has 0 aliphatic carbocycles. The van der Waals surface area contributed by atoms with Crippen LogP contribution in [-0.4, -0.2) is 21.3 Å². The summed E-state index contributed by atoms with van der Waals surface area (Å²) < 4.78 is 29.9. The molecule has 0 fully saturated rings. The summed E-state index contributed by atoms with van der Waals surface area (Å²) in [5.74, 6) is 1.23. The smallest absolute Gasteiger partial charge is 0.149 e. The molecule has 4 nitrogen and oxygen atoms in total. The van der Waals surface area contributed by atoms with Crippen molar-refractivity contribution in [2.24, 2.45) is 0 Å². The number of methoxy groups -OCH3 is 3. The van der Waals surface area contributed by atoms with Crippen molar-refractivity contribution < 1.29 is 18.6 Å². The number of halogens is 1. The zero-order chi connectivity index (χ0) is 15.6. The Morgan fingerprint density at radius 2 is 1.48 bits per heavy atom. The number of hydrogen-bond acceptors (Lipinski definition) is 4. The Kier molecular flexibility index (Phi) is 4.21. The summed E-state index contributed by atoms with van der Waals surface area (Å²) in [5.41, 5.74) is 7.57. The van der Waals surface area contributed by atoms with Crippen molar-refractivity contribution in [1.82, 2.24) is 0 Å². The van der Waals surface area contributed by atoms with Crippen LogP contribution in [0.25, 0.3) is 11.1 Å². The Labute approximate surface area is 123 Å². The van der Waals surface area contributed by atoms with Crippen LogP contribution >= 0.6 is 0 Å². The van der Waals surface area contributed by atoms with Gasteiger partial charge in [0.1, 0.15) is 23.1 Å². The summed E-state index contributed by atoms with van der Waals surface area (Å²) >= 11 is 0. The second-order valence-electron chi connectivity index (χ2n) is 4.60. The fraction of sp³-hybridized carbons (Fsp3) is 0.250. The molecule has 21 heavy (non-hydrogen) atoms. The van der Waals surface area contributed by atoms with Gasteiger partial charge in [0.2, 0.25) is 0 Å². The van der Waals surface area contributed by atoms with Crippen molar-refractivity contribution in [2.75, 3.05) is 27.1 Å². The molecule has 0 radical (unpaired) electrons. The van der Waals surface area contributed by atoms with Crippen LogP contribution in [0.1, 0.15) is 5.56 Å². The van der Waals surface area contributed by atoms with Gasteiger partial charge in [-0.15, -0.1) is 0 Å². The van der Waals surface area contributed by atoms with Crippen LogP contribution in [0.4, 0.5) is 10.1 Å². The van der Waals surface area contributed by atoms with E-state index in [0.717, 1.165) is 0 Å². The average Bonchev–Trinajstić information content (AvgIpc) is 2.51. The van der Waals surface area contributed by atoms with Gasteiger partial charge in [0.15, 0.2) is 0 Å². The lowest BCUT2D eigenvalue weighted by molar-refractivity contribution is 0.394. The maximum Gasteiger partial charge on any atom is 0.149 e. The first-order chi connectivity index (χ1) is 10.0. The SMILES string of the molecule is COc1cc(OC)cc(-c2c(OC)cc(C)c(F)c2N)c1. The van der Waals surface area contributed by atoms with Crippen LogP contribution in [0.5, 0.6) is 17.2 Å². The van der Waals surface area contributed by atoms with E-state index in [1.165, 1.54) is 7.11 Å². The minimum Gasteiger partial charge on any atom is -0.497 e. The van der Waals surface area contributed by atoms with E-state index in [1.54, 1.807) is 45.4 Å². The van der Waals surface area contributed by atoms with Crippen LogP contribution in [0, 0.1) is 12.7 Å². The van der Waals surface area contributed by atoms with Crippen LogP contribution in [0.15, 0.2) is 24.3 Å². The standard InChI is InChI=1S/C16H18FNO3/c1-9-5-13(21-4)14(16(18)15(9)17)10-6-11(19-2)8-12(7-10)20-3/h5-8H,18H2,1-4H3. The van der Waals surface area contributed by atoms with E-state index < -0.39 is 5.82 Å². The minimum atomic E-state index is -0.451. The molecule has 2 aromatic carbocycles. The molecule has 0 saturated heterocycles. The third kappa shape index (κ3) is 2.72. The van der Waals surface area contributed by atoms with Crippen molar-refractivity contribution in [3.05, 3.63) is 35.6 Å². The molecule has 2 N–H and O–H groups in total. The predicted molar refractivity (Wildman–Crippen MR) is 80.6 cm³/mol. The van der Waals surface area contributed by atoms with E-state index in [0.29, 0.717) is 33.9 Å². The van der Waals surface area contributed by atoms with Gasteiger partial charge in [-0.2, -0.15) is 0 Å². The van der Waals surface area contributed by atoms with Crippen LogP contribution < -0.4 is 19.9 Å². The van der Waals surface area contributed by atoms with E-state index in [2.05, 4.69) is 0 Å². The largest absolute Gasteiger partial charge is 0.497 e. The molecule has 0 spiro atoms. The highest BCUT2D eigenvalue weighted by atomic mass is 19.1. The van der Waals surface area contributed by atoms with Crippen molar-refractivity contribution in [2.45, 2.75) is 6.92 Å². The van der Waals surface area contributed by atoms with E-state index >= 15 is 0 Å². The molecule has 0 heterocycles. The van der Waals surface area contributed by atoms with E-state index in [4.69, 9.17) is 19.9 Å². The zero-order valence-corrected chi connectivity index (χ0v) is 12.5. The van der Waals surface area contributed by atoms with Gasteiger partial charge in [-0.25, -0.2) is 4.39 Å². The molecule has 0 aliphatic heterocycles. The third-order valence-corrected chi connectivity index (χ3v) is 3.31. The molecular formula is C16H18FNO3. The second-order valence-corrected chi connectivity index (χ2v) is 4.60. The molecule has 2 rings (SSSR count). The number of rotatable bonds is 4. The minimum absolute atomic E-state index is 0.0437. The lowest BCUT2D eigenvalue weighted by atomic mass is 9.99. The maximum absolute atomic E-state index is 14.1. The van der Waals surface area contributed by atoms with Gasteiger partial charge >= 0.3 is 0 Å². The van der Waals surface area contributed by atoms with Gasteiger partial charge < -0.3 is 19.9 Å². The summed E-state index contributed by atoms with van der Waals surface area (Å²) in [6.07, 6.45) is 0. The highest BCUT2D eigenvalue weighted by molar-refractivity contribution is 5.84. The molecule has 0 bridgehead atoms. The first kappa shape index (κ1) is 15.0. The Bertz CT molecular complexity index is 649. The Morgan fingerprint density at radius 1 is 0.905 bits per heavy atom. The molecule has 0 unspecified atom stereocenters. The molecule has 2 aromatic rings. The van der Waals surface area contributed by atoms with Crippen molar-refractivity contribution in [3.63, 3.8) is 0 Å². The summed E-state index contributed by atoms with van der Waals surface area (Å²) in [7, 11) is 4.62. The second kappa shape index (κ2) is 5.91. The zero-order valence-electron chi connectivity index (χ0n) is 12.5. The number of nitrogens with two attached hydrogens (primary N) is 1. The monoisotopic (exact) mass is 291 g/mol. The fourth-order valence-electron chi connectivity index (χ4n) is 2.20. The number of anilines is 1. The van der Waals surface area contributed by atoms with Gasteiger partial charge in [-0.1, -0.05) is 0 Å². The van der Waals surface area contributed by atoms with Gasteiger partial charge in [0, 0.05) is 6.07 Å². The molecule has 0 aliphatic rings. The molecular weight excluding hydrogens is 273 g/mol. The molecule has 0 atom stereocenters. The van der Waals surface area contributed by atoms with Crippen molar-refractivity contribution in [1.29, 1.82) is 0 Å². The quantitative estimate of drug-likeness (QED) is 0.877. The van der Waals surface area contributed by atoms with Crippen LogP contribution in [0.3, 0.4) is 0 Å². The molecule has 0 saturated carbocycles. The van der Waals surface area contributed by atoms with Crippen LogP contribution in [0.2, 0.25) is 0 Å². The Morgan fingerprint density at radius 3 is 1.95 bits per heavy atom. The lowest BCUT2D eigenvalue weighted by Crippen LogP contribution is -2.01. The summed E-state index contributed by atoms with van der Waals surface area (Å²) in [5, 5.41) is 0. The molecule has 5 heteroatoms. The molecule has 0 aromatic heterocycles. The Balaban J connectivity index is 2.74. The van der Waals surface area contributed by atoms with Gasteiger partial charge in [-0.3, -0.25) is 0 Å². The average molecular weight is 291 g/mol. The summed E-state index contributed by atoms with van der Waals surface area (Å²) in [6, 6.07) is 6.86. The van der Waals surface area contributed by atoms with Gasteiger partial charge in [-0.05, 0) is 36.2 Å². The summed E-state index contributed by atoms with van der Waals surface area (Å²) in [6.45, 7) is 1.64. The number of nitrogen functional groups attached to an aromatic ring is 1. The van der Waals surface area contributed by atoms with E-state index in [-0.39, 0.29) is 5.69 Å². The number of ether oxygens (including phenoxy) is 3. The first-order valence-corrected chi connectivity index (χ1v) is 6.37. The van der Waals surface area contributed by atoms with E-state index in [9.17, 15) is 4.39 Å². The maximum atomic E-state index is 14.1. The van der Waals surface area contributed by atoms with Crippen molar-refractivity contribution >= 4 is 5.69 Å². The molecule has 112 valence electrons.